The standard InChI is InChI=1S/C10H13BO2/c11-10-9-6-2-1-5(3-6)8(9)7(4-12)13-10/h1-2,5-10,12H,3-4H2/t5-,6+,7-,8-,9-,10-/m1/s1. The zero-order valence-electron chi connectivity index (χ0n) is 7.47. The van der Waals surface area contributed by atoms with E-state index < -0.39 is 0 Å². The first kappa shape index (κ1) is 8.07. The minimum absolute atomic E-state index is 0.0139. The maximum atomic E-state index is 9.15. The van der Waals surface area contributed by atoms with Crippen LogP contribution < -0.4 is 0 Å². The van der Waals surface area contributed by atoms with E-state index in [0.717, 1.165) is 0 Å². The quantitative estimate of drug-likeness (QED) is 0.460. The van der Waals surface area contributed by atoms with E-state index in [1.165, 1.54) is 6.42 Å². The highest BCUT2D eigenvalue weighted by Crippen LogP contribution is 2.54. The van der Waals surface area contributed by atoms with Crippen molar-refractivity contribution in [1.29, 1.82) is 0 Å². The first-order valence-corrected chi connectivity index (χ1v) is 5.01. The molecular weight excluding hydrogens is 163 g/mol. The van der Waals surface area contributed by atoms with E-state index in [9.17, 15) is 0 Å². The summed E-state index contributed by atoms with van der Waals surface area (Å²) in [4.78, 5) is 0. The average molecular weight is 176 g/mol. The molecule has 3 heteroatoms. The Hall–Kier alpha value is -0.275. The van der Waals surface area contributed by atoms with Gasteiger partial charge in [0.15, 0.2) is 0 Å². The number of aliphatic hydroxyl groups is 1. The highest BCUT2D eigenvalue weighted by atomic mass is 16.5. The van der Waals surface area contributed by atoms with Crippen molar-refractivity contribution in [2.24, 2.45) is 23.7 Å². The van der Waals surface area contributed by atoms with E-state index >= 15 is 0 Å². The fraction of sp³-hybridized carbons (Fsp3) is 0.800. The number of ether oxygens (including phenoxy) is 1. The molecule has 2 aliphatic carbocycles. The predicted molar refractivity (Wildman–Crippen MR) is 49.2 cm³/mol. The van der Waals surface area contributed by atoms with Gasteiger partial charge in [0.05, 0.1) is 12.7 Å². The second-order valence-electron chi connectivity index (χ2n) is 4.42. The normalized spacial score (nSPS) is 57.3. The topological polar surface area (TPSA) is 29.5 Å². The number of rotatable bonds is 1. The largest absolute Gasteiger partial charge is 0.394 e. The highest BCUT2D eigenvalue weighted by molar-refractivity contribution is 6.11. The Morgan fingerprint density at radius 3 is 2.69 bits per heavy atom. The van der Waals surface area contributed by atoms with E-state index in [4.69, 9.17) is 17.7 Å². The maximum Gasteiger partial charge on any atom is 0.109 e. The SMILES string of the molecule is [B][C@@H]1O[C@H](CO)[C@@H]2[C@H]1[C@H]1C=C[C@@H]2C1. The number of fused-ring (bicyclic) bond motifs is 5. The van der Waals surface area contributed by atoms with Crippen molar-refractivity contribution in [3.05, 3.63) is 12.2 Å². The Morgan fingerprint density at radius 2 is 2.00 bits per heavy atom. The van der Waals surface area contributed by atoms with E-state index in [2.05, 4.69) is 12.2 Å². The molecule has 0 aromatic heterocycles. The van der Waals surface area contributed by atoms with E-state index in [0.29, 0.717) is 23.7 Å². The molecule has 0 aromatic carbocycles. The van der Waals surface area contributed by atoms with Gasteiger partial charge in [-0.2, -0.15) is 0 Å². The molecule has 1 saturated heterocycles. The van der Waals surface area contributed by atoms with Gasteiger partial charge in [0.2, 0.25) is 0 Å². The van der Waals surface area contributed by atoms with Gasteiger partial charge in [-0.25, -0.2) is 0 Å². The molecule has 2 bridgehead atoms. The van der Waals surface area contributed by atoms with Crippen molar-refractivity contribution in [3.8, 4) is 0 Å². The molecule has 68 valence electrons. The third-order valence-corrected chi connectivity index (χ3v) is 3.90. The van der Waals surface area contributed by atoms with Crippen LogP contribution in [-0.2, 0) is 4.74 Å². The van der Waals surface area contributed by atoms with Crippen LogP contribution in [0.5, 0.6) is 0 Å². The monoisotopic (exact) mass is 176 g/mol. The molecular formula is C10H13BO2. The summed E-state index contributed by atoms with van der Waals surface area (Å²) in [5.74, 6) is 2.17. The van der Waals surface area contributed by atoms with Gasteiger partial charge in [0, 0.05) is 6.00 Å². The van der Waals surface area contributed by atoms with Gasteiger partial charge in [0.25, 0.3) is 0 Å². The first-order chi connectivity index (χ1) is 6.31. The van der Waals surface area contributed by atoms with Crippen LogP contribution in [0.1, 0.15) is 6.42 Å². The van der Waals surface area contributed by atoms with Gasteiger partial charge in [0.1, 0.15) is 7.85 Å². The molecule has 1 saturated carbocycles. The smallest absolute Gasteiger partial charge is 0.109 e. The molecule has 0 unspecified atom stereocenters. The van der Waals surface area contributed by atoms with Crippen LogP contribution >= 0.6 is 0 Å². The van der Waals surface area contributed by atoms with Gasteiger partial charge in [-0.1, -0.05) is 12.2 Å². The number of aliphatic hydroxyl groups excluding tert-OH is 1. The Bertz CT molecular complexity index is 253. The van der Waals surface area contributed by atoms with Gasteiger partial charge in [-0.05, 0) is 30.1 Å². The summed E-state index contributed by atoms with van der Waals surface area (Å²) in [6.45, 7) is 0.117. The summed E-state index contributed by atoms with van der Waals surface area (Å²) in [5.41, 5.74) is 0. The van der Waals surface area contributed by atoms with Crippen LogP contribution in [-0.4, -0.2) is 31.7 Å². The lowest BCUT2D eigenvalue weighted by atomic mass is 9.74. The van der Waals surface area contributed by atoms with Crippen molar-refractivity contribution >= 4 is 7.85 Å². The Labute approximate surface area is 79.4 Å². The van der Waals surface area contributed by atoms with E-state index in [-0.39, 0.29) is 18.7 Å². The Morgan fingerprint density at radius 1 is 1.31 bits per heavy atom. The first-order valence-electron chi connectivity index (χ1n) is 5.01. The molecule has 1 heterocycles. The van der Waals surface area contributed by atoms with Crippen LogP contribution in [0.3, 0.4) is 0 Å². The Kier molecular flexibility index (Phi) is 1.62. The maximum absolute atomic E-state index is 9.15. The molecule has 3 rings (SSSR count). The van der Waals surface area contributed by atoms with Crippen LogP contribution in [0.15, 0.2) is 12.2 Å². The molecule has 0 aromatic rings. The molecule has 0 amide bonds. The van der Waals surface area contributed by atoms with Gasteiger partial charge >= 0.3 is 0 Å². The number of allylic oxidation sites excluding steroid dienone is 2. The molecule has 6 atom stereocenters. The average Bonchev–Trinajstić information content (AvgIpc) is 2.76. The predicted octanol–water partition coefficient (Wildman–Crippen LogP) is 0.310. The highest BCUT2D eigenvalue weighted by Gasteiger charge is 2.54. The zero-order valence-corrected chi connectivity index (χ0v) is 7.47. The van der Waals surface area contributed by atoms with Crippen molar-refractivity contribution in [2.45, 2.75) is 18.5 Å². The summed E-state index contributed by atoms with van der Waals surface area (Å²) >= 11 is 0. The summed E-state index contributed by atoms with van der Waals surface area (Å²) in [6.07, 6.45) is 5.76. The van der Waals surface area contributed by atoms with Crippen molar-refractivity contribution < 1.29 is 9.84 Å². The third-order valence-electron chi connectivity index (χ3n) is 3.90. The van der Waals surface area contributed by atoms with Crippen molar-refractivity contribution in [2.75, 3.05) is 6.61 Å². The van der Waals surface area contributed by atoms with Crippen LogP contribution in [0.25, 0.3) is 0 Å². The Balaban J connectivity index is 1.92. The minimum atomic E-state index is -0.151. The molecule has 1 N–H and O–H groups in total. The van der Waals surface area contributed by atoms with Crippen LogP contribution in [0, 0.1) is 23.7 Å². The van der Waals surface area contributed by atoms with Gasteiger partial charge in [-0.15, -0.1) is 0 Å². The molecule has 13 heavy (non-hydrogen) atoms. The second-order valence-corrected chi connectivity index (χ2v) is 4.42. The fourth-order valence-corrected chi connectivity index (χ4v) is 3.43. The van der Waals surface area contributed by atoms with Crippen LogP contribution in [0.4, 0.5) is 0 Å². The summed E-state index contributed by atoms with van der Waals surface area (Å²) < 4.78 is 5.55. The van der Waals surface area contributed by atoms with Crippen molar-refractivity contribution in [1.82, 2.24) is 0 Å². The molecule has 3 aliphatic rings. The van der Waals surface area contributed by atoms with Crippen molar-refractivity contribution in [3.63, 3.8) is 0 Å². The van der Waals surface area contributed by atoms with Crippen LogP contribution in [0.2, 0.25) is 0 Å². The zero-order chi connectivity index (χ0) is 9.00. The molecule has 2 nitrogen and oxygen atoms in total. The number of hydrogen-bond acceptors (Lipinski definition) is 2. The summed E-state index contributed by atoms with van der Waals surface area (Å²) in [7, 11) is 5.91. The molecule has 2 fully saturated rings. The molecule has 1 aliphatic heterocycles. The summed E-state index contributed by atoms with van der Waals surface area (Å²) in [5, 5.41) is 9.15. The summed E-state index contributed by atoms with van der Waals surface area (Å²) in [6, 6.07) is -0.151. The van der Waals surface area contributed by atoms with Gasteiger partial charge < -0.3 is 9.84 Å². The lowest BCUT2D eigenvalue weighted by Gasteiger charge is -2.23. The molecule has 2 radical (unpaired) electrons. The van der Waals surface area contributed by atoms with Gasteiger partial charge in [-0.3, -0.25) is 0 Å². The minimum Gasteiger partial charge on any atom is -0.394 e. The van der Waals surface area contributed by atoms with E-state index in [1.807, 2.05) is 0 Å². The molecule has 0 spiro atoms. The third kappa shape index (κ3) is 0.920. The van der Waals surface area contributed by atoms with E-state index in [1.54, 1.807) is 0 Å². The second kappa shape index (κ2) is 2.61. The lowest BCUT2D eigenvalue weighted by Crippen LogP contribution is -2.27. The number of hydrogen-bond donors (Lipinski definition) is 1. The fourth-order valence-electron chi connectivity index (χ4n) is 3.43. The lowest BCUT2D eigenvalue weighted by molar-refractivity contribution is 0.0172.